The number of rotatable bonds is 2. The third kappa shape index (κ3) is 4.59. The molecular formula is C7H7BrClF3N2O. The molecule has 0 fully saturated rings. The quantitative estimate of drug-likeness (QED) is 0.652. The van der Waals surface area contributed by atoms with Crippen LogP contribution in [0.5, 0.6) is 5.75 Å². The van der Waals surface area contributed by atoms with Gasteiger partial charge in [0.15, 0.2) is 0 Å². The molecule has 0 unspecified atom stereocenters. The summed E-state index contributed by atoms with van der Waals surface area (Å²) in [6.07, 6.45) is -4.71. The summed E-state index contributed by atoms with van der Waals surface area (Å²) in [6, 6.07) is 4.04. The maximum Gasteiger partial charge on any atom is 0.573 e. The Bertz CT molecular complexity index is 335. The maximum absolute atomic E-state index is 11.9. The molecule has 3 nitrogen and oxygen atoms in total. The highest BCUT2D eigenvalue weighted by molar-refractivity contribution is 9.10. The van der Waals surface area contributed by atoms with E-state index in [9.17, 15) is 13.2 Å². The summed E-state index contributed by atoms with van der Waals surface area (Å²) in [4.78, 5) is 0. The van der Waals surface area contributed by atoms with Gasteiger partial charge >= 0.3 is 6.36 Å². The number of ether oxygens (including phenoxy) is 1. The molecule has 0 saturated heterocycles. The Hall–Kier alpha value is -0.660. The van der Waals surface area contributed by atoms with E-state index < -0.39 is 6.36 Å². The van der Waals surface area contributed by atoms with Crippen LogP contribution in [0.3, 0.4) is 0 Å². The van der Waals surface area contributed by atoms with E-state index in [1.807, 2.05) is 0 Å². The molecule has 0 heterocycles. The predicted octanol–water partition coefficient (Wildman–Crippen LogP) is 3.06. The summed E-state index contributed by atoms with van der Waals surface area (Å²) in [5, 5.41) is 0. The first kappa shape index (κ1) is 14.3. The van der Waals surface area contributed by atoms with Crippen LogP contribution >= 0.6 is 28.3 Å². The molecule has 0 bridgehead atoms. The number of hydrogen-bond acceptors (Lipinski definition) is 3. The Morgan fingerprint density at radius 1 is 1.33 bits per heavy atom. The monoisotopic (exact) mass is 306 g/mol. The summed E-state index contributed by atoms with van der Waals surface area (Å²) < 4.78 is 39.5. The Kier molecular flexibility index (Phi) is 5.19. The lowest BCUT2D eigenvalue weighted by atomic mass is 10.3. The minimum Gasteiger partial charge on any atom is -0.405 e. The number of hydrogen-bond donors (Lipinski definition) is 2. The lowest BCUT2D eigenvalue weighted by Crippen LogP contribution is -2.17. The highest BCUT2D eigenvalue weighted by atomic mass is 79.9. The van der Waals surface area contributed by atoms with Gasteiger partial charge in [-0.05, 0) is 28.1 Å². The third-order valence-electron chi connectivity index (χ3n) is 1.32. The van der Waals surface area contributed by atoms with E-state index in [0.29, 0.717) is 5.69 Å². The molecule has 0 saturated carbocycles. The molecule has 1 rings (SSSR count). The van der Waals surface area contributed by atoms with E-state index in [0.717, 1.165) is 6.07 Å². The number of alkyl halides is 3. The second kappa shape index (κ2) is 5.43. The van der Waals surface area contributed by atoms with Crippen molar-refractivity contribution in [2.75, 3.05) is 5.43 Å². The second-order valence-electron chi connectivity index (χ2n) is 2.34. The highest BCUT2D eigenvalue weighted by Gasteiger charge is 2.32. The molecule has 0 atom stereocenters. The fraction of sp³-hybridized carbons (Fsp3) is 0.143. The van der Waals surface area contributed by atoms with Gasteiger partial charge in [-0.25, -0.2) is 0 Å². The van der Waals surface area contributed by atoms with Crippen LogP contribution in [0.4, 0.5) is 18.9 Å². The van der Waals surface area contributed by atoms with Gasteiger partial charge in [-0.1, -0.05) is 0 Å². The molecule has 0 aliphatic rings. The van der Waals surface area contributed by atoms with Crippen LogP contribution < -0.4 is 16.0 Å². The number of halogens is 5. The van der Waals surface area contributed by atoms with Crippen molar-refractivity contribution >= 4 is 34.0 Å². The van der Waals surface area contributed by atoms with Gasteiger partial charge in [-0.15, -0.1) is 25.6 Å². The molecule has 1 aromatic carbocycles. The lowest BCUT2D eigenvalue weighted by Gasteiger charge is -2.11. The summed E-state index contributed by atoms with van der Waals surface area (Å²) in [5.74, 6) is 4.69. The zero-order chi connectivity index (χ0) is 10.8. The van der Waals surface area contributed by atoms with Gasteiger partial charge in [0.2, 0.25) is 0 Å². The van der Waals surface area contributed by atoms with E-state index in [2.05, 4.69) is 26.1 Å². The molecule has 8 heteroatoms. The van der Waals surface area contributed by atoms with Crippen LogP contribution in [0.1, 0.15) is 0 Å². The van der Waals surface area contributed by atoms with Gasteiger partial charge in [-0.2, -0.15) is 0 Å². The van der Waals surface area contributed by atoms with Gasteiger partial charge in [0, 0.05) is 6.07 Å². The molecule has 86 valence electrons. The third-order valence-corrected chi connectivity index (χ3v) is 1.98. The van der Waals surface area contributed by atoms with Gasteiger partial charge in [-0.3, -0.25) is 5.84 Å². The first-order valence-electron chi connectivity index (χ1n) is 3.44. The molecule has 0 amide bonds. The van der Waals surface area contributed by atoms with E-state index in [-0.39, 0.29) is 22.6 Å². The molecular weight excluding hydrogens is 300 g/mol. The fourth-order valence-corrected chi connectivity index (χ4v) is 1.12. The zero-order valence-electron chi connectivity index (χ0n) is 7.14. The molecule has 1 aromatic rings. The van der Waals surface area contributed by atoms with Crippen molar-refractivity contribution in [3.05, 3.63) is 22.7 Å². The normalized spacial score (nSPS) is 10.5. The minimum absolute atomic E-state index is 0. The molecule has 3 N–H and O–H groups in total. The molecule has 0 aliphatic carbocycles. The zero-order valence-corrected chi connectivity index (χ0v) is 9.54. The summed E-state index contributed by atoms with van der Waals surface area (Å²) in [7, 11) is 0. The Balaban J connectivity index is 0.00000196. The molecule has 15 heavy (non-hydrogen) atoms. The standard InChI is InChI=1S/C7H6BrF3N2O.ClH/c8-5-2-1-4(13-12)3-6(5)14-7(9,10)11;/h1-3,13H,12H2;1H. The largest absolute Gasteiger partial charge is 0.573 e. The number of hydrazine groups is 1. The van der Waals surface area contributed by atoms with Crippen molar-refractivity contribution < 1.29 is 17.9 Å². The number of benzene rings is 1. The van der Waals surface area contributed by atoms with Crippen molar-refractivity contribution in [2.45, 2.75) is 6.36 Å². The molecule has 0 radical (unpaired) electrons. The number of nitrogens with one attached hydrogen (secondary N) is 1. The minimum atomic E-state index is -4.71. The average Bonchev–Trinajstić information content (AvgIpc) is 2.06. The van der Waals surface area contributed by atoms with Crippen LogP contribution in [-0.4, -0.2) is 6.36 Å². The molecule has 0 spiro atoms. The Labute approximate surface area is 98.3 Å². The molecule has 0 aromatic heterocycles. The van der Waals surface area contributed by atoms with Crippen LogP contribution in [0.25, 0.3) is 0 Å². The predicted molar refractivity (Wildman–Crippen MR) is 55.9 cm³/mol. The first-order chi connectivity index (χ1) is 6.42. The second-order valence-corrected chi connectivity index (χ2v) is 3.19. The lowest BCUT2D eigenvalue weighted by molar-refractivity contribution is -0.274. The van der Waals surface area contributed by atoms with Gasteiger partial charge in [0.05, 0.1) is 10.2 Å². The van der Waals surface area contributed by atoms with Crippen molar-refractivity contribution in [3.63, 3.8) is 0 Å². The molecule has 0 aliphatic heterocycles. The number of nitrogens with two attached hydrogens (primary N) is 1. The van der Waals surface area contributed by atoms with Gasteiger partial charge in [0.25, 0.3) is 0 Å². The maximum atomic E-state index is 11.9. The van der Waals surface area contributed by atoms with Crippen LogP contribution in [-0.2, 0) is 0 Å². The Morgan fingerprint density at radius 3 is 2.40 bits per heavy atom. The Morgan fingerprint density at radius 2 is 1.93 bits per heavy atom. The SMILES string of the molecule is Cl.NNc1ccc(Br)c(OC(F)(F)F)c1. The summed E-state index contributed by atoms with van der Waals surface area (Å²) in [5.41, 5.74) is 2.54. The number of anilines is 1. The van der Waals surface area contributed by atoms with E-state index in [4.69, 9.17) is 5.84 Å². The van der Waals surface area contributed by atoms with Crippen LogP contribution in [0.2, 0.25) is 0 Å². The van der Waals surface area contributed by atoms with E-state index >= 15 is 0 Å². The van der Waals surface area contributed by atoms with Crippen LogP contribution in [0.15, 0.2) is 22.7 Å². The summed E-state index contributed by atoms with van der Waals surface area (Å²) >= 11 is 2.92. The highest BCUT2D eigenvalue weighted by Crippen LogP contribution is 2.32. The van der Waals surface area contributed by atoms with Gasteiger partial charge in [0.1, 0.15) is 5.75 Å². The fourth-order valence-electron chi connectivity index (χ4n) is 0.796. The topological polar surface area (TPSA) is 47.3 Å². The van der Waals surface area contributed by atoms with Crippen LogP contribution in [0, 0.1) is 0 Å². The first-order valence-corrected chi connectivity index (χ1v) is 4.23. The van der Waals surface area contributed by atoms with Crippen molar-refractivity contribution in [1.82, 2.24) is 0 Å². The van der Waals surface area contributed by atoms with Crippen molar-refractivity contribution in [1.29, 1.82) is 0 Å². The number of nitrogen functional groups attached to an aromatic ring is 1. The smallest absolute Gasteiger partial charge is 0.405 e. The van der Waals surface area contributed by atoms with Gasteiger partial charge < -0.3 is 10.2 Å². The van der Waals surface area contributed by atoms with Crippen molar-refractivity contribution in [3.8, 4) is 5.75 Å². The van der Waals surface area contributed by atoms with E-state index in [1.54, 1.807) is 0 Å². The van der Waals surface area contributed by atoms with E-state index in [1.165, 1.54) is 12.1 Å². The van der Waals surface area contributed by atoms with Crippen molar-refractivity contribution in [2.24, 2.45) is 5.84 Å². The average molecular weight is 307 g/mol. The summed E-state index contributed by atoms with van der Waals surface area (Å²) in [6.45, 7) is 0.